The number of carbonyl (C=O) groups excluding carboxylic acids is 1. The quantitative estimate of drug-likeness (QED) is 0.261. The molecule has 2 N–H and O–H groups in total. The average molecular weight is 351 g/mol. The summed E-state index contributed by atoms with van der Waals surface area (Å²) in [6.45, 7) is 0.415. The van der Waals surface area contributed by atoms with E-state index < -0.39 is 22.3 Å². The third kappa shape index (κ3) is 5.18. The van der Waals surface area contributed by atoms with Crippen molar-refractivity contribution in [3.63, 3.8) is 0 Å². The maximum absolute atomic E-state index is 12.1. The molecule has 2 aromatic carbocycles. The summed E-state index contributed by atoms with van der Waals surface area (Å²) in [6, 6.07) is 15.3. The second-order valence-corrected chi connectivity index (χ2v) is 5.52. The SMILES string of the molecule is N#CC(=Cc1ccc([N+](=O)[O-])c(O)c1)C(=O)NCCCc1ccccc1. The number of carbonyl (C=O) groups is 1. The van der Waals surface area contributed by atoms with E-state index in [0.717, 1.165) is 25.0 Å². The Kier molecular flexibility index (Phi) is 6.46. The molecule has 132 valence electrons. The summed E-state index contributed by atoms with van der Waals surface area (Å²) in [6.07, 6.45) is 2.81. The Labute approximate surface area is 150 Å². The van der Waals surface area contributed by atoms with Crippen molar-refractivity contribution in [1.82, 2.24) is 5.32 Å². The number of benzene rings is 2. The molecule has 26 heavy (non-hydrogen) atoms. The Morgan fingerprint density at radius 1 is 1.27 bits per heavy atom. The van der Waals surface area contributed by atoms with Gasteiger partial charge in [0, 0.05) is 12.6 Å². The Morgan fingerprint density at radius 3 is 2.62 bits per heavy atom. The summed E-state index contributed by atoms with van der Waals surface area (Å²) in [5.41, 5.74) is 0.909. The van der Waals surface area contributed by atoms with Gasteiger partial charge < -0.3 is 10.4 Å². The highest BCUT2D eigenvalue weighted by atomic mass is 16.6. The molecule has 0 bridgehead atoms. The molecule has 1 amide bonds. The first kappa shape index (κ1) is 18.7. The van der Waals surface area contributed by atoms with Crippen LogP contribution in [0.2, 0.25) is 0 Å². The predicted octanol–water partition coefficient (Wildman–Crippen LogP) is 2.96. The van der Waals surface area contributed by atoms with E-state index in [0.29, 0.717) is 12.1 Å². The van der Waals surface area contributed by atoms with E-state index in [4.69, 9.17) is 5.26 Å². The fraction of sp³-hybridized carbons (Fsp3) is 0.158. The van der Waals surface area contributed by atoms with Crippen molar-refractivity contribution in [2.24, 2.45) is 0 Å². The number of nitro benzene ring substituents is 1. The topological polar surface area (TPSA) is 116 Å². The molecule has 0 atom stereocenters. The van der Waals surface area contributed by atoms with Crippen molar-refractivity contribution in [3.8, 4) is 11.8 Å². The minimum atomic E-state index is -0.715. The number of nitriles is 1. The summed E-state index contributed by atoms with van der Waals surface area (Å²) in [5.74, 6) is -1.05. The van der Waals surface area contributed by atoms with E-state index in [9.17, 15) is 20.0 Å². The monoisotopic (exact) mass is 351 g/mol. The normalized spacial score (nSPS) is 10.8. The van der Waals surface area contributed by atoms with Gasteiger partial charge in [0.2, 0.25) is 0 Å². The summed E-state index contributed by atoms with van der Waals surface area (Å²) < 4.78 is 0. The van der Waals surface area contributed by atoms with Crippen molar-refractivity contribution in [3.05, 3.63) is 75.3 Å². The van der Waals surface area contributed by atoms with Crippen LogP contribution in [0.3, 0.4) is 0 Å². The Bertz CT molecular complexity index is 870. The second-order valence-electron chi connectivity index (χ2n) is 5.52. The lowest BCUT2D eigenvalue weighted by molar-refractivity contribution is -0.385. The van der Waals surface area contributed by atoms with E-state index in [1.165, 1.54) is 17.7 Å². The fourth-order valence-electron chi connectivity index (χ4n) is 2.33. The summed E-state index contributed by atoms with van der Waals surface area (Å²) >= 11 is 0. The van der Waals surface area contributed by atoms with Crippen molar-refractivity contribution in [2.75, 3.05) is 6.54 Å². The molecule has 0 aliphatic rings. The van der Waals surface area contributed by atoms with Crippen LogP contribution < -0.4 is 5.32 Å². The van der Waals surface area contributed by atoms with E-state index >= 15 is 0 Å². The number of aryl methyl sites for hydroxylation is 1. The van der Waals surface area contributed by atoms with Gasteiger partial charge in [-0.2, -0.15) is 5.26 Å². The highest BCUT2D eigenvalue weighted by Gasteiger charge is 2.14. The zero-order chi connectivity index (χ0) is 18.9. The molecule has 0 aliphatic heterocycles. The first-order valence-electron chi connectivity index (χ1n) is 7.92. The van der Waals surface area contributed by atoms with Gasteiger partial charge in [-0.05, 0) is 42.2 Å². The Balaban J connectivity index is 1.95. The number of nitrogens with one attached hydrogen (secondary N) is 1. The molecule has 0 fully saturated rings. The van der Waals surface area contributed by atoms with Crippen molar-refractivity contribution in [1.29, 1.82) is 5.26 Å². The minimum absolute atomic E-state index is 0.141. The molecule has 7 heteroatoms. The molecule has 2 aromatic rings. The third-order valence-corrected chi connectivity index (χ3v) is 3.64. The highest BCUT2D eigenvalue weighted by Crippen LogP contribution is 2.27. The van der Waals surface area contributed by atoms with Gasteiger partial charge in [0.1, 0.15) is 11.6 Å². The first-order chi connectivity index (χ1) is 12.5. The molecule has 0 unspecified atom stereocenters. The molecule has 7 nitrogen and oxygen atoms in total. The number of aromatic hydroxyl groups is 1. The van der Waals surface area contributed by atoms with Gasteiger partial charge in [-0.15, -0.1) is 0 Å². The van der Waals surface area contributed by atoms with Crippen LogP contribution >= 0.6 is 0 Å². The average Bonchev–Trinajstić information content (AvgIpc) is 2.63. The van der Waals surface area contributed by atoms with Crippen LogP contribution in [0, 0.1) is 21.4 Å². The fourth-order valence-corrected chi connectivity index (χ4v) is 2.33. The number of amides is 1. The molecule has 0 heterocycles. The molecule has 0 saturated heterocycles. The lowest BCUT2D eigenvalue weighted by Gasteiger charge is -2.05. The molecular weight excluding hydrogens is 334 g/mol. The molecular formula is C19H17N3O4. The van der Waals surface area contributed by atoms with Crippen LogP contribution in [-0.2, 0) is 11.2 Å². The Morgan fingerprint density at radius 2 is 2.00 bits per heavy atom. The van der Waals surface area contributed by atoms with E-state index in [2.05, 4.69) is 5.32 Å². The van der Waals surface area contributed by atoms with E-state index in [-0.39, 0.29) is 5.57 Å². The zero-order valence-electron chi connectivity index (χ0n) is 13.9. The maximum atomic E-state index is 12.1. The van der Waals surface area contributed by atoms with Gasteiger partial charge in [0.15, 0.2) is 5.75 Å². The largest absolute Gasteiger partial charge is 0.502 e. The number of hydrogen-bond acceptors (Lipinski definition) is 5. The van der Waals surface area contributed by atoms with Crippen LogP contribution in [0.25, 0.3) is 6.08 Å². The molecule has 0 aliphatic carbocycles. The lowest BCUT2D eigenvalue weighted by atomic mass is 10.1. The van der Waals surface area contributed by atoms with Crippen molar-refractivity contribution >= 4 is 17.7 Å². The standard InChI is InChI=1S/C19H17N3O4/c20-13-16(11-15-8-9-17(22(25)26)18(23)12-15)19(24)21-10-4-7-14-5-2-1-3-6-14/h1-3,5-6,8-9,11-12,23H,4,7,10H2,(H,21,24). The lowest BCUT2D eigenvalue weighted by Crippen LogP contribution is -2.25. The van der Waals surface area contributed by atoms with Gasteiger partial charge in [0.05, 0.1) is 4.92 Å². The van der Waals surface area contributed by atoms with Crippen LogP contribution in [0.1, 0.15) is 17.5 Å². The van der Waals surface area contributed by atoms with Gasteiger partial charge in [-0.1, -0.05) is 30.3 Å². The maximum Gasteiger partial charge on any atom is 0.310 e. The molecule has 0 spiro atoms. The minimum Gasteiger partial charge on any atom is -0.502 e. The summed E-state index contributed by atoms with van der Waals surface area (Å²) in [4.78, 5) is 22.0. The smallest absolute Gasteiger partial charge is 0.310 e. The number of hydrogen-bond donors (Lipinski definition) is 2. The number of phenols is 1. The second kappa shape index (κ2) is 8.99. The predicted molar refractivity (Wildman–Crippen MR) is 96.1 cm³/mol. The van der Waals surface area contributed by atoms with Gasteiger partial charge in [0.25, 0.3) is 5.91 Å². The van der Waals surface area contributed by atoms with Crippen molar-refractivity contribution < 1.29 is 14.8 Å². The third-order valence-electron chi connectivity index (χ3n) is 3.64. The summed E-state index contributed by atoms with van der Waals surface area (Å²) in [5, 5.41) is 32.1. The van der Waals surface area contributed by atoms with Gasteiger partial charge >= 0.3 is 5.69 Å². The number of phenolic OH excluding ortho intramolecular Hbond substituents is 1. The highest BCUT2D eigenvalue weighted by molar-refractivity contribution is 6.01. The van der Waals surface area contributed by atoms with E-state index in [1.54, 1.807) is 6.07 Å². The number of nitrogens with zero attached hydrogens (tertiary/aromatic N) is 2. The molecule has 2 rings (SSSR count). The van der Waals surface area contributed by atoms with Crippen LogP contribution in [0.4, 0.5) is 5.69 Å². The van der Waals surface area contributed by atoms with E-state index in [1.807, 2.05) is 30.3 Å². The van der Waals surface area contributed by atoms with Crippen LogP contribution in [0.5, 0.6) is 5.75 Å². The van der Waals surface area contributed by atoms with Gasteiger partial charge in [-0.25, -0.2) is 0 Å². The number of nitro groups is 1. The first-order valence-corrected chi connectivity index (χ1v) is 7.92. The van der Waals surface area contributed by atoms with Crippen LogP contribution in [0.15, 0.2) is 54.1 Å². The number of rotatable bonds is 7. The van der Waals surface area contributed by atoms with Gasteiger partial charge in [-0.3, -0.25) is 14.9 Å². The van der Waals surface area contributed by atoms with Crippen molar-refractivity contribution in [2.45, 2.75) is 12.8 Å². The molecule has 0 radical (unpaired) electrons. The zero-order valence-corrected chi connectivity index (χ0v) is 13.9. The molecule has 0 saturated carbocycles. The Hall–Kier alpha value is -3.66. The van der Waals surface area contributed by atoms with Crippen LogP contribution in [-0.4, -0.2) is 22.5 Å². The molecule has 0 aromatic heterocycles. The summed E-state index contributed by atoms with van der Waals surface area (Å²) in [7, 11) is 0.